The number of hydrogen-bond donors (Lipinski definition) is 1. The molecule has 2 heterocycles. The fourth-order valence-corrected chi connectivity index (χ4v) is 4.98. The molecule has 1 N–H and O–H groups in total. The van der Waals surface area contributed by atoms with Crippen LogP contribution < -0.4 is 14.2 Å². The Morgan fingerprint density at radius 3 is 2.05 bits per heavy atom. The highest BCUT2D eigenvalue weighted by molar-refractivity contribution is 7.92. The Bertz CT molecular complexity index is 1680. The first kappa shape index (κ1) is 29.6. The molecule has 0 atom stereocenters. The zero-order valence-corrected chi connectivity index (χ0v) is 25.0. The number of ether oxygens (including phenoxy) is 2. The summed E-state index contributed by atoms with van der Waals surface area (Å²) in [6.07, 6.45) is 0.117. The van der Waals surface area contributed by atoms with Crippen molar-refractivity contribution in [3.05, 3.63) is 77.2 Å². The van der Waals surface area contributed by atoms with Crippen LogP contribution >= 0.6 is 0 Å². The molecule has 0 unspecified atom stereocenters. The lowest BCUT2D eigenvalue weighted by Gasteiger charge is -2.24. The molecule has 4 aromatic rings. The summed E-state index contributed by atoms with van der Waals surface area (Å²) < 4.78 is 41.5. The predicted octanol–water partition coefficient (Wildman–Crippen LogP) is 5.62. The smallest absolute Gasteiger partial charge is 0.263 e. The van der Waals surface area contributed by atoms with E-state index in [1.807, 2.05) is 26.8 Å². The molecule has 0 bridgehead atoms. The highest BCUT2D eigenvalue weighted by atomic mass is 32.2. The minimum atomic E-state index is -4.11. The number of ketones is 1. The number of nitrogens with one attached hydrogen (secondary N) is 1. The zero-order valence-electron chi connectivity index (χ0n) is 24.1. The number of hydrogen-bond acceptors (Lipinski definition) is 9. The van der Waals surface area contributed by atoms with Crippen LogP contribution in [0.5, 0.6) is 17.2 Å². The van der Waals surface area contributed by atoms with Gasteiger partial charge in [-0.05, 0) is 58.0 Å². The van der Waals surface area contributed by atoms with Gasteiger partial charge >= 0.3 is 0 Å². The molecule has 0 aliphatic rings. The Balaban J connectivity index is 1.99. The minimum absolute atomic E-state index is 0.0348. The Kier molecular flexibility index (Phi) is 8.39. The lowest BCUT2D eigenvalue weighted by Crippen LogP contribution is -2.26. The van der Waals surface area contributed by atoms with Crippen LogP contribution in [0.25, 0.3) is 11.6 Å². The second-order valence-corrected chi connectivity index (χ2v) is 12.1. The van der Waals surface area contributed by atoms with Gasteiger partial charge in [0, 0.05) is 23.2 Å². The van der Waals surface area contributed by atoms with Gasteiger partial charge in [0.25, 0.3) is 10.0 Å². The first-order valence-electron chi connectivity index (χ1n) is 12.9. The Labute approximate surface area is 240 Å². The molecule has 4 rings (SSSR count). The van der Waals surface area contributed by atoms with E-state index in [0.29, 0.717) is 28.6 Å². The number of benzene rings is 2. The van der Waals surface area contributed by atoms with Crippen molar-refractivity contribution in [1.29, 1.82) is 0 Å². The molecular formula is C30H33N5O5S. The summed E-state index contributed by atoms with van der Waals surface area (Å²) in [7, 11) is -2.61. The SMILES string of the molecule is COc1ccccc1Oc1c(CC(C)(C)C(C)=O)nc(-c2nc(C)cc(C)n2)nc1NS(=O)(=O)c1ccc(C)cc1. The van der Waals surface area contributed by atoms with Gasteiger partial charge in [0.2, 0.25) is 0 Å². The molecule has 2 aromatic carbocycles. The first-order chi connectivity index (χ1) is 19.3. The van der Waals surface area contributed by atoms with E-state index in [9.17, 15) is 13.2 Å². The summed E-state index contributed by atoms with van der Waals surface area (Å²) in [5, 5.41) is 0. The predicted molar refractivity (Wildman–Crippen MR) is 156 cm³/mol. The molecule has 0 saturated carbocycles. The van der Waals surface area contributed by atoms with Gasteiger partial charge in [-0.3, -0.25) is 9.52 Å². The second-order valence-electron chi connectivity index (χ2n) is 10.4. The van der Waals surface area contributed by atoms with Crippen molar-refractivity contribution in [3.8, 4) is 28.9 Å². The number of aromatic nitrogens is 4. The molecule has 0 aliphatic heterocycles. The number of carbonyl (C=O) groups excluding carboxylic acids is 1. The van der Waals surface area contributed by atoms with Gasteiger partial charge in [-0.1, -0.05) is 43.7 Å². The number of methoxy groups -OCH3 is 1. The molecule has 0 radical (unpaired) electrons. The average molecular weight is 576 g/mol. The third-order valence-electron chi connectivity index (χ3n) is 6.52. The van der Waals surface area contributed by atoms with Crippen molar-refractivity contribution < 1.29 is 22.7 Å². The molecule has 0 spiro atoms. The second kappa shape index (κ2) is 11.6. The van der Waals surface area contributed by atoms with Crippen molar-refractivity contribution in [2.24, 2.45) is 5.41 Å². The van der Waals surface area contributed by atoms with Crippen LogP contribution in [0.15, 0.2) is 59.5 Å². The van der Waals surface area contributed by atoms with E-state index in [-0.39, 0.29) is 40.3 Å². The van der Waals surface area contributed by atoms with Crippen molar-refractivity contribution in [2.45, 2.75) is 52.9 Å². The maximum atomic E-state index is 13.6. The van der Waals surface area contributed by atoms with E-state index in [2.05, 4.69) is 19.7 Å². The first-order valence-corrected chi connectivity index (χ1v) is 14.4. The maximum absolute atomic E-state index is 13.6. The van der Waals surface area contributed by atoms with Crippen molar-refractivity contribution in [2.75, 3.05) is 11.8 Å². The largest absolute Gasteiger partial charge is 0.493 e. The number of rotatable bonds is 10. The van der Waals surface area contributed by atoms with E-state index in [4.69, 9.17) is 14.5 Å². The number of para-hydroxylation sites is 2. The van der Waals surface area contributed by atoms with Crippen LogP contribution in [0.3, 0.4) is 0 Å². The molecule has 214 valence electrons. The van der Waals surface area contributed by atoms with Crippen LogP contribution in [-0.2, 0) is 21.2 Å². The highest BCUT2D eigenvalue weighted by Gasteiger charge is 2.31. The van der Waals surface area contributed by atoms with Gasteiger partial charge in [-0.15, -0.1) is 0 Å². The van der Waals surface area contributed by atoms with Gasteiger partial charge in [-0.25, -0.2) is 28.4 Å². The van der Waals surface area contributed by atoms with Gasteiger partial charge in [0.15, 0.2) is 34.7 Å². The fraction of sp³-hybridized carbons (Fsp3) is 0.300. The molecule has 10 nitrogen and oxygen atoms in total. The maximum Gasteiger partial charge on any atom is 0.263 e. The average Bonchev–Trinajstić information content (AvgIpc) is 2.89. The third kappa shape index (κ3) is 6.86. The number of carbonyl (C=O) groups is 1. The minimum Gasteiger partial charge on any atom is -0.493 e. The molecule has 0 aliphatic carbocycles. The topological polar surface area (TPSA) is 133 Å². The lowest BCUT2D eigenvalue weighted by atomic mass is 9.83. The van der Waals surface area contributed by atoms with Crippen LogP contribution in [0.2, 0.25) is 0 Å². The number of sulfonamides is 1. The van der Waals surface area contributed by atoms with Crippen LogP contribution in [0, 0.1) is 26.2 Å². The Morgan fingerprint density at radius 2 is 1.46 bits per heavy atom. The van der Waals surface area contributed by atoms with E-state index < -0.39 is 15.4 Å². The van der Waals surface area contributed by atoms with Gasteiger partial charge in [-0.2, -0.15) is 0 Å². The number of aryl methyl sites for hydroxylation is 3. The van der Waals surface area contributed by atoms with E-state index >= 15 is 0 Å². The van der Waals surface area contributed by atoms with Crippen molar-refractivity contribution >= 4 is 21.6 Å². The summed E-state index contributed by atoms with van der Waals surface area (Å²) in [5.41, 5.74) is 1.73. The van der Waals surface area contributed by atoms with Gasteiger partial charge in [0.05, 0.1) is 17.7 Å². The number of anilines is 1. The zero-order chi connectivity index (χ0) is 29.9. The summed E-state index contributed by atoms with van der Waals surface area (Å²) in [5.74, 6) is 0.853. The molecule has 0 amide bonds. The third-order valence-corrected chi connectivity index (χ3v) is 7.88. The summed E-state index contributed by atoms with van der Waals surface area (Å²) in [6, 6.07) is 15.2. The normalized spacial score (nSPS) is 11.7. The summed E-state index contributed by atoms with van der Waals surface area (Å²) in [6.45, 7) is 10.6. The highest BCUT2D eigenvalue weighted by Crippen LogP contribution is 2.40. The van der Waals surface area contributed by atoms with Crippen LogP contribution in [0.1, 0.15) is 43.4 Å². The molecule has 41 heavy (non-hydrogen) atoms. The number of Topliss-reactive ketones (excluding diaryl/α,β-unsaturated/α-hetero) is 1. The van der Waals surface area contributed by atoms with Crippen molar-refractivity contribution in [3.63, 3.8) is 0 Å². The number of nitrogens with zero attached hydrogens (tertiary/aromatic N) is 4. The van der Waals surface area contributed by atoms with Gasteiger partial charge < -0.3 is 9.47 Å². The Hall–Kier alpha value is -4.38. The van der Waals surface area contributed by atoms with E-state index in [1.54, 1.807) is 50.2 Å². The molecule has 11 heteroatoms. The van der Waals surface area contributed by atoms with Crippen molar-refractivity contribution in [1.82, 2.24) is 19.9 Å². The van der Waals surface area contributed by atoms with Gasteiger partial charge in [0.1, 0.15) is 5.78 Å². The Morgan fingerprint density at radius 1 is 0.878 bits per heavy atom. The van der Waals surface area contributed by atoms with E-state index in [1.165, 1.54) is 26.2 Å². The quantitative estimate of drug-likeness (QED) is 0.256. The summed E-state index contributed by atoms with van der Waals surface area (Å²) in [4.78, 5) is 30.9. The summed E-state index contributed by atoms with van der Waals surface area (Å²) >= 11 is 0. The fourth-order valence-electron chi connectivity index (χ4n) is 3.98. The standard InChI is InChI=1S/C30H33N5O5S/c1-18-12-14-22(15-13-18)41(37,38)35-27-26(40-25-11-9-8-10-24(25)39-7)23(17-30(5,6)21(4)36)33-29(34-27)28-31-19(2)16-20(3)32-28/h8-16H,17H2,1-7H3,(H,33,34,35). The monoisotopic (exact) mass is 575 g/mol. The molecule has 0 fully saturated rings. The lowest BCUT2D eigenvalue weighted by molar-refractivity contribution is -0.124. The molecule has 2 aromatic heterocycles. The van der Waals surface area contributed by atoms with Crippen LogP contribution in [0.4, 0.5) is 5.82 Å². The molecule has 0 saturated heterocycles. The van der Waals surface area contributed by atoms with E-state index in [0.717, 1.165) is 5.56 Å². The van der Waals surface area contributed by atoms with Crippen LogP contribution in [-0.4, -0.2) is 41.2 Å². The molecular weight excluding hydrogens is 542 g/mol.